The van der Waals surface area contributed by atoms with Crippen LogP contribution in [0.4, 0.5) is 0 Å². The summed E-state index contributed by atoms with van der Waals surface area (Å²) in [5.41, 5.74) is 10.8. The predicted octanol–water partition coefficient (Wildman–Crippen LogP) is -1.55. The lowest BCUT2D eigenvalue weighted by Gasteiger charge is -2.24. The molecule has 0 saturated heterocycles. The Hall–Kier alpha value is -2.69. The zero-order chi connectivity index (χ0) is 22.7. The van der Waals surface area contributed by atoms with Gasteiger partial charge in [0.05, 0.1) is 19.0 Å². The summed E-state index contributed by atoms with van der Waals surface area (Å²) in [5.74, 6) is -4.39. The molecule has 0 aliphatic carbocycles. The first kappa shape index (κ1) is 26.3. The van der Waals surface area contributed by atoms with Gasteiger partial charge in [0.2, 0.25) is 23.6 Å². The Morgan fingerprint density at radius 2 is 1.59 bits per heavy atom. The van der Waals surface area contributed by atoms with Gasteiger partial charge in [0.25, 0.3) is 0 Å². The lowest BCUT2D eigenvalue weighted by atomic mass is 9.98. The van der Waals surface area contributed by atoms with Gasteiger partial charge in [-0.2, -0.15) is 0 Å². The van der Waals surface area contributed by atoms with Crippen molar-refractivity contribution in [3.8, 4) is 0 Å². The third kappa shape index (κ3) is 10.4. The molecule has 0 aliphatic heterocycles. The van der Waals surface area contributed by atoms with Gasteiger partial charge in [0, 0.05) is 0 Å². The van der Waals surface area contributed by atoms with Crippen molar-refractivity contribution in [3.63, 3.8) is 0 Å². The number of hydrogen-bond acceptors (Lipinski definition) is 6. The van der Waals surface area contributed by atoms with Gasteiger partial charge in [-0.15, -0.1) is 0 Å². The molecule has 8 N–H and O–H groups in total. The summed E-state index contributed by atoms with van der Waals surface area (Å²) in [4.78, 5) is 59.0. The van der Waals surface area contributed by atoms with E-state index in [2.05, 4.69) is 16.0 Å². The summed E-state index contributed by atoms with van der Waals surface area (Å²) in [6.45, 7) is 6.76. The number of hydrogen-bond donors (Lipinski definition) is 6. The number of aliphatic carboxylic acids is 1. The number of rotatable bonds is 13. The van der Waals surface area contributed by atoms with Crippen molar-refractivity contribution in [3.05, 3.63) is 0 Å². The van der Waals surface area contributed by atoms with E-state index in [1.54, 1.807) is 13.8 Å². The van der Waals surface area contributed by atoms with Gasteiger partial charge in [0.1, 0.15) is 12.1 Å². The minimum absolute atomic E-state index is 0.195. The number of amides is 4. The van der Waals surface area contributed by atoms with Crippen molar-refractivity contribution in [1.82, 2.24) is 16.0 Å². The number of nitrogens with one attached hydrogen (secondary N) is 3. The highest BCUT2D eigenvalue weighted by molar-refractivity contribution is 5.95. The molecule has 11 heteroatoms. The van der Waals surface area contributed by atoms with Crippen molar-refractivity contribution in [2.45, 2.75) is 65.1 Å². The molecule has 29 heavy (non-hydrogen) atoms. The second-order valence-corrected chi connectivity index (χ2v) is 7.45. The number of carboxylic acid groups (broad SMARTS) is 1. The second-order valence-electron chi connectivity index (χ2n) is 7.45. The number of carbonyl (C=O) groups is 5. The summed E-state index contributed by atoms with van der Waals surface area (Å²) in [7, 11) is 0. The Kier molecular flexibility index (Phi) is 11.5. The van der Waals surface area contributed by atoms with E-state index in [9.17, 15) is 29.1 Å². The van der Waals surface area contributed by atoms with E-state index >= 15 is 0 Å². The Balaban J connectivity index is 4.95. The average molecular weight is 415 g/mol. The summed E-state index contributed by atoms with van der Waals surface area (Å²) < 4.78 is 0. The van der Waals surface area contributed by atoms with Gasteiger partial charge in [-0.1, -0.05) is 34.1 Å². The minimum atomic E-state index is -1.37. The fourth-order valence-corrected chi connectivity index (χ4v) is 2.51. The molecule has 0 rings (SSSR count). The lowest BCUT2D eigenvalue weighted by Crippen LogP contribution is -2.55. The molecule has 4 amide bonds. The van der Waals surface area contributed by atoms with Crippen LogP contribution in [-0.2, 0) is 24.0 Å². The smallest absolute Gasteiger partial charge is 0.326 e. The molecular weight excluding hydrogens is 382 g/mol. The topological polar surface area (TPSA) is 194 Å². The van der Waals surface area contributed by atoms with Crippen molar-refractivity contribution in [1.29, 1.82) is 0 Å². The van der Waals surface area contributed by atoms with E-state index < -0.39 is 60.7 Å². The Bertz CT molecular complexity index is 610. The van der Waals surface area contributed by atoms with E-state index in [0.717, 1.165) is 0 Å². The highest BCUT2D eigenvalue weighted by atomic mass is 16.4. The van der Waals surface area contributed by atoms with Crippen LogP contribution in [0.3, 0.4) is 0 Å². The van der Waals surface area contributed by atoms with Crippen LogP contribution in [0.25, 0.3) is 0 Å². The van der Waals surface area contributed by atoms with Crippen LogP contribution in [-0.4, -0.2) is 59.4 Å². The van der Waals surface area contributed by atoms with Crippen LogP contribution in [0, 0.1) is 11.8 Å². The standard InChI is InChI=1S/C18H33N5O6/c1-5-10(4)15(18(28)29)23-17(27)12(7-13(20)24)22-14(25)8-21-16(26)11(19)6-9(2)3/h9-12,15H,5-8,19H2,1-4H3,(H2,20,24)(H,21,26)(H,22,25)(H,23,27)(H,28,29). The molecule has 0 aliphatic rings. The third-order valence-electron chi connectivity index (χ3n) is 4.32. The van der Waals surface area contributed by atoms with E-state index in [4.69, 9.17) is 11.5 Å². The maximum absolute atomic E-state index is 12.4. The summed E-state index contributed by atoms with van der Waals surface area (Å²) in [6, 6.07) is -3.33. The highest BCUT2D eigenvalue weighted by Crippen LogP contribution is 2.08. The van der Waals surface area contributed by atoms with Crippen LogP contribution < -0.4 is 27.4 Å². The molecule has 0 fully saturated rings. The van der Waals surface area contributed by atoms with E-state index in [1.165, 1.54) is 0 Å². The molecule has 4 unspecified atom stereocenters. The maximum Gasteiger partial charge on any atom is 0.326 e. The average Bonchev–Trinajstić information content (AvgIpc) is 2.61. The molecule has 0 aromatic rings. The van der Waals surface area contributed by atoms with Crippen LogP contribution in [0.2, 0.25) is 0 Å². The Morgan fingerprint density at radius 1 is 1.00 bits per heavy atom. The zero-order valence-corrected chi connectivity index (χ0v) is 17.4. The molecular formula is C18H33N5O6. The van der Waals surface area contributed by atoms with Crippen LogP contribution in [0.15, 0.2) is 0 Å². The van der Waals surface area contributed by atoms with Gasteiger partial charge < -0.3 is 32.5 Å². The summed E-state index contributed by atoms with van der Waals surface area (Å²) in [5, 5.41) is 16.2. The lowest BCUT2D eigenvalue weighted by molar-refractivity contribution is -0.143. The van der Waals surface area contributed by atoms with Crippen molar-refractivity contribution in [2.75, 3.05) is 6.54 Å². The molecule has 0 heterocycles. The fourth-order valence-electron chi connectivity index (χ4n) is 2.51. The molecule has 11 nitrogen and oxygen atoms in total. The molecule has 166 valence electrons. The number of carbonyl (C=O) groups excluding carboxylic acids is 4. The van der Waals surface area contributed by atoms with Crippen LogP contribution >= 0.6 is 0 Å². The van der Waals surface area contributed by atoms with Crippen LogP contribution in [0.1, 0.15) is 47.0 Å². The molecule has 0 aromatic heterocycles. The van der Waals surface area contributed by atoms with Crippen molar-refractivity contribution in [2.24, 2.45) is 23.3 Å². The first-order valence-electron chi connectivity index (χ1n) is 9.53. The molecule has 4 atom stereocenters. The minimum Gasteiger partial charge on any atom is -0.480 e. The normalized spacial score (nSPS) is 15.0. The molecule has 0 bridgehead atoms. The van der Waals surface area contributed by atoms with Crippen LogP contribution in [0.5, 0.6) is 0 Å². The summed E-state index contributed by atoms with van der Waals surface area (Å²) in [6.07, 6.45) is 0.407. The monoisotopic (exact) mass is 415 g/mol. The van der Waals surface area contributed by atoms with Gasteiger partial charge in [-0.25, -0.2) is 4.79 Å². The zero-order valence-electron chi connectivity index (χ0n) is 17.4. The van der Waals surface area contributed by atoms with E-state index in [1.807, 2.05) is 13.8 Å². The Morgan fingerprint density at radius 3 is 2.03 bits per heavy atom. The number of carboxylic acids is 1. The number of nitrogens with two attached hydrogens (primary N) is 2. The molecule has 0 aromatic carbocycles. The largest absolute Gasteiger partial charge is 0.480 e. The quantitative estimate of drug-likeness (QED) is 0.209. The van der Waals surface area contributed by atoms with Gasteiger partial charge in [-0.3, -0.25) is 19.2 Å². The predicted molar refractivity (Wildman–Crippen MR) is 105 cm³/mol. The SMILES string of the molecule is CCC(C)C(NC(=O)C(CC(N)=O)NC(=O)CNC(=O)C(N)CC(C)C)C(=O)O. The Labute approximate surface area is 170 Å². The molecule has 0 spiro atoms. The maximum atomic E-state index is 12.4. The van der Waals surface area contributed by atoms with Gasteiger partial charge >= 0.3 is 5.97 Å². The molecule has 0 saturated carbocycles. The van der Waals surface area contributed by atoms with Crippen molar-refractivity contribution >= 4 is 29.6 Å². The summed E-state index contributed by atoms with van der Waals surface area (Å²) >= 11 is 0. The van der Waals surface area contributed by atoms with E-state index in [-0.39, 0.29) is 11.8 Å². The van der Waals surface area contributed by atoms with E-state index in [0.29, 0.717) is 12.8 Å². The first-order chi connectivity index (χ1) is 13.4. The number of primary amides is 1. The first-order valence-corrected chi connectivity index (χ1v) is 9.53. The highest BCUT2D eigenvalue weighted by Gasteiger charge is 2.30. The second kappa shape index (κ2) is 12.7. The van der Waals surface area contributed by atoms with Gasteiger partial charge in [0.15, 0.2) is 0 Å². The molecule has 0 radical (unpaired) electrons. The third-order valence-corrected chi connectivity index (χ3v) is 4.32. The van der Waals surface area contributed by atoms with Crippen molar-refractivity contribution < 1.29 is 29.1 Å². The fraction of sp³-hybridized carbons (Fsp3) is 0.722. The van der Waals surface area contributed by atoms with Gasteiger partial charge in [-0.05, 0) is 18.3 Å².